The van der Waals surface area contributed by atoms with Gasteiger partial charge in [0.1, 0.15) is 0 Å². The zero-order valence-electron chi connectivity index (χ0n) is 14.7. The number of aromatic nitrogens is 2. The Morgan fingerprint density at radius 2 is 1.62 bits per heavy atom. The second-order valence-electron chi connectivity index (χ2n) is 6.66. The average molecular weight is 347 g/mol. The summed E-state index contributed by atoms with van der Waals surface area (Å²) in [6.45, 7) is 11.9. The lowest BCUT2D eigenvalue weighted by Crippen LogP contribution is -2.45. The van der Waals surface area contributed by atoms with Crippen molar-refractivity contribution in [2.45, 2.75) is 39.9 Å². The first-order valence-corrected chi connectivity index (χ1v) is 9.24. The van der Waals surface area contributed by atoms with Crippen molar-refractivity contribution in [3.63, 3.8) is 0 Å². The summed E-state index contributed by atoms with van der Waals surface area (Å²) >= 11 is 5.96. The van der Waals surface area contributed by atoms with Crippen LogP contribution in [0, 0.1) is 6.92 Å². The van der Waals surface area contributed by atoms with Crippen molar-refractivity contribution in [1.82, 2.24) is 19.6 Å². The van der Waals surface area contributed by atoms with E-state index in [0.29, 0.717) is 0 Å². The van der Waals surface area contributed by atoms with Crippen LogP contribution < -0.4 is 0 Å². The molecule has 0 spiro atoms. The zero-order chi connectivity index (χ0) is 16.9. The second-order valence-corrected chi connectivity index (χ2v) is 7.09. The van der Waals surface area contributed by atoms with E-state index in [1.165, 1.54) is 16.8 Å². The van der Waals surface area contributed by atoms with Crippen LogP contribution >= 0.6 is 11.6 Å². The van der Waals surface area contributed by atoms with Crippen LogP contribution in [0.25, 0.3) is 0 Å². The fourth-order valence-corrected chi connectivity index (χ4v) is 3.40. The van der Waals surface area contributed by atoms with Gasteiger partial charge in [0.2, 0.25) is 0 Å². The van der Waals surface area contributed by atoms with Gasteiger partial charge in [-0.15, -0.1) is 0 Å². The molecule has 0 amide bonds. The molecule has 130 valence electrons. The lowest BCUT2D eigenvalue weighted by molar-refractivity contribution is 0.122. The summed E-state index contributed by atoms with van der Waals surface area (Å²) in [6.07, 6.45) is 3.18. The van der Waals surface area contributed by atoms with E-state index in [9.17, 15) is 0 Å². The van der Waals surface area contributed by atoms with Crippen molar-refractivity contribution in [1.29, 1.82) is 0 Å². The fourth-order valence-electron chi connectivity index (χ4n) is 3.27. The number of halogens is 1. The molecule has 24 heavy (non-hydrogen) atoms. The highest BCUT2D eigenvalue weighted by Crippen LogP contribution is 2.15. The lowest BCUT2D eigenvalue weighted by Gasteiger charge is -2.34. The third-order valence-electron chi connectivity index (χ3n) is 4.82. The van der Waals surface area contributed by atoms with Crippen LogP contribution in [0.1, 0.15) is 30.2 Å². The lowest BCUT2D eigenvalue weighted by atomic mass is 10.2. The van der Waals surface area contributed by atoms with Crippen LogP contribution in [-0.4, -0.2) is 45.8 Å². The Bertz CT molecular complexity index is 642. The van der Waals surface area contributed by atoms with Crippen molar-refractivity contribution in [2.24, 2.45) is 0 Å². The number of hydrogen-bond donors (Lipinski definition) is 0. The van der Waals surface area contributed by atoms with E-state index in [0.717, 1.165) is 57.3 Å². The first-order chi connectivity index (χ1) is 11.7. The summed E-state index contributed by atoms with van der Waals surface area (Å²) in [7, 11) is 0. The number of aryl methyl sites for hydroxylation is 1. The maximum Gasteiger partial charge on any atom is 0.0537 e. The van der Waals surface area contributed by atoms with Gasteiger partial charge in [0, 0.05) is 62.1 Å². The van der Waals surface area contributed by atoms with Gasteiger partial charge in [0.15, 0.2) is 0 Å². The van der Waals surface area contributed by atoms with Gasteiger partial charge >= 0.3 is 0 Å². The van der Waals surface area contributed by atoms with Gasteiger partial charge in [0.25, 0.3) is 0 Å². The van der Waals surface area contributed by atoms with Gasteiger partial charge in [-0.05, 0) is 31.0 Å². The summed E-state index contributed by atoms with van der Waals surface area (Å²) in [4.78, 5) is 5.06. The molecule has 1 aliphatic heterocycles. The highest BCUT2D eigenvalue weighted by molar-refractivity contribution is 6.30. The molecule has 1 fully saturated rings. The fraction of sp³-hybridized carbons (Fsp3) is 0.526. The average Bonchev–Trinajstić information content (AvgIpc) is 2.92. The molecule has 0 unspecified atom stereocenters. The Morgan fingerprint density at radius 1 is 1.00 bits per heavy atom. The molecule has 4 nitrogen and oxygen atoms in total. The van der Waals surface area contributed by atoms with E-state index < -0.39 is 0 Å². The third-order valence-corrected chi connectivity index (χ3v) is 5.07. The first kappa shape index (κ1) is 17.5. The SMILES string of the molecule is CCCn1ncc(CN2CCN(Cc3ccc(Cl)cc3)CC2)c1C. The van der Waals surface area contributed by atoms with Crippen molar-refractivity contribution >= 4 is 11.6 Å². The maximum atomic E-state index is 5.96. The predicted octanol–water partition coefficient (Wildman–Crippen LogP) is 3.57. The van der Waals surface area contributed by atoms with E-state index in [4.69, 9.17) is 11.6 Å². The molecule has 2 aromatic rings. The van der Waals surface area contributed by atoms with Crippen molar-refractivity contribution < 1.29 is 0 Å². The monoisotopic (exact) mass is 346 g/mol. The molecule has 2 heterocycles. The molecule has 0 atom stereocenters. The van der Waals surface area contributed by atoms with Gasteiger partial charge in [-0.25, -0.2) is 0 Å². The molecule has 0 bridgehead atoms. The smallest absolute Gasteiger partial charge is 0.0537 e. The zero-order valence-corrected chi connectivity index (χ0v) is 15.5. The summed E-state index contributed by atoms with van der Waals surface area (Å²) in [5.41, 5.74) is 4.03. The molecular formula is C19H27ClN4. The van der Waals surface area contributed by atoms with Crippen LogP contribution in [0.15, 0.2) is 30.5 Å². The van der Waals surface area contributed by atoms with Crippen LogP contribution in [0.2, 0.25) is 5.02 Å². The number of hydrogen-bond acceptors (Lipinski definition) is 3. The summed E-state index contributed by atoms with van der Waals surface area (Å²) in [6, 6.07) is 8.20. The minimum absolute atomic E-state index is 0.808. The van der Waals surface area contributed by atoms with E-state index in [2.05, 4.69) is 45.6 Å². The van der Waals surface area contributed by atoms with Crippen LogP contribution in [0.4, 0.5) is 0 Å². The number of piperazine rings is 1. The first-order valence-electron chi connectivity index (χ1n) is 8.86. The molecule has 1 aromatic heterocycles. The van der Waals surface area contributed by atoms with Crippen molar-refractivity contribution in [3.05, 3.63) is 52.3 Å². The molecule has 3 rings (SSSR count). The Balaban J connectivity index is 1.49. The van der Waals surface area contributed by atoms with Gasteiger partial charge in [0.05, 0.1) is 6.20 Å². The van der Waals surface area contributed by atoms with Crippen LogP contribution in [0.3, 0.4) is 0 Å². The van der Waals surface area contributed by atoms with Gasteiger partial charge in [-0.2, -0.15) is 5.10 Å². The van der Waals surface area contributed by atoms with Crippen LogP contribution in [0.5, 0.6) is 0 Å². The van der Waals surface area contributed by atoms with Crippen molar-refractivity contribution in [3.8, 4) is 0 Å². The standard InChI is InChI=1S/C19H27ClN4/c1-3-8-24-16(2)18(13-21-24)15-23-11-9-22(10-12-23)14-17-4-6-19(20)7-5-17/h4-7,13H,3,8-12,14-15H2,1-2H3. The summed E-state index contributed by atoms with van der Waals surface area (Å²) < 4.78 is 2.13. The Hall–Kier alpha value is -1.36. The second kappa shape index (κ2) is 8.15. The predicted molar refractivity (Wildman–Crippen MR) is 99.3 cm³/mol. The van der Waals surface area contributed by atoms with E-state index in [-0.39, 0.29) is 0 Å². The van der Waals surface area contributed by atoms with E-state index >= 15 is 0 Å². The Morgan fingerprint density at radius 3 is 2.25 bits per heavy atom. The molecule has 0 radical (unpaired) electrons. The Labute approximate surface area is 150 Å². The van der Waals surface area contributed by atoms with Gasteiger partial charge in [-0.3, -0.25) is 14.5 Å². The molecule has 0 saturated carbocycles. The topological polar surface area (TPSA) is 24.3 Å². The minimum atomic E-state index is 0.808. The highest BCUT2D eigenvalue weighted by atomic mass is 35.5. The number of nitrogens with zero attached hydrogens (tertiary/aromatic N) is 4. The molecule has 5 heteroatoms. The van der Waals surface area contributed by atoms with E-state index in [1.54, 1.807) is 0 Å². The molecule has 1 saturated heterocycles. The highest BCUT2D eigenvalue weighted by Gasteiger charge is 2.18. The molecule has 1 aliphatic rings. The molecule has 0 aliphatic carbocycles. The normalized spacial score (nSPS) is 16.6. The van der Waals surface area contributed by atoms with Crippen LogP contribution in [-0.2, 0) is 19.6 Å². The number of rotatable bonds is 6. The Kier molecular flexibility index (Phi) is 5.93. The molecule has 0 N–H and O–H groups in total. The largest absolute Gasteiger partial charge is 0.297 e. The van der Waals surface area contributed by atoms with Crippen molar-refractivity contribution in [2.75, 3.05) is 26.2 Å². The molecular weight excluding hydrogens is 320 g/mol. The van der Waals surface area contributed by atoms with Gasteiger partial charge in [-0.1, -0.05) is 30.7 Å². The number of benzene rings is 1. The summed E-state index contributed by atoms with van der Waals surface area (Å²) in [5, 5.41) is 5.33. The summed E-state index contributed by atoms with van der Waals surface area (Å²) in [5.74, 6) is 0. The molecule has 1 aromatic carbocycles. The maximum absolute atomic E-state index is 5.96. The van der Waals surface area contributed by atoms with E-state index in [1.807, 2.05) is 18.3 Å². The quantitative estimate of drug-likeness (QED) is 0.799. The van der Waals surface area contributed by atoms with Gasteiger partial charge < -0.3 is 0 Å². The third kappa shape index (κ3) is 4.38. The minimum Gasteiger partial charge on any atom is -0.297 e.